The van der Waals surface area contributed by atoms with Gasteiger partial charge in [0.1, 0.15) is 0 Å². The summed E-state index contributed by atoms with van der Waals surface area (Å²) >= 11 is 0. The molecule has 0 bridgehead atoms. The minimum atomic E-state index is 0.162. The number of rotatable bonds is 6. The third kappa shape index (κ3) is 3.48. The average molecular weight is 279 g/mol. The van der Waals surface area contributed by atoms with E-state index in [1.807, 2.05) is 19.3 Å². The number of morpholine rings is 1. The summed E-state index contributed by atoms with van der Waals surface area (Å²) in [6, 6.07) is 4.27. The van der Waals surface area contributed by atoms with Crippen LogP contribution in [0.3, 0.4) is 0 Å². The Morgan fingerprint density at radius 3 is 2.95 bits per heavy atom. The summed E-state index contributed by atoms with van der Waals surface area (Å²) < 4.78 is 11.1. The second kappa shape index (κ2) is 7.57. The molecule has 1 aliphatic rings. The Hall–Kier alpha value is -1.17. The predicted octanol–water partition coefficient (Wildman–Crippen LogP) is 1.46. The van der Waals surface area contributed by atoms with Crippen LogP contribution in [0, 0.1) is 0 Å². The van der Waals surface area contributed by atoms with E-state index >= 15 is 0 Å². The number of hydrogen-bond acceptors (Lipinski definition) is 5. The van der Waals surface area contributed by atoms with Crippen LogP contribution in [0.1, 0.15) is 24.9 Å². The number of nitrogens with one attached hydrogen (secondary N) is 1. The topological polar surface area (TPSA) is 46.6 Å². The lowest BCUT2D eigenvalue weighted by molar-refractivity contribution is -0.0705. The molecule has 1 saturated heterocycles. The molecule has 2 unspecified atom stereocenters. The van der Waals surface area contributed by atoms with Gasteiger partial charge in [-0.3, -0.25) is 4.90 Å². The van der Waals surface area contributed by atoms with Gasteiger partial charge in [0.25, 0.3) is 0 Å². The third-order valence-corrected chi connectivity index (χ3v) is 3.68. The van der Waals surface area contributed by atoms with Crippen LogP contribution in [0.25, 0.3) is 0 Å². The van der Waals surface area contributed by atoms with E-state index in [0.717, 1.165) is 32.7 Å². The highest BCUT2D eigenvalue weighted by Crippen LogP contribution is 2.29. The molecule has 0 spiro atoms. The number of nitrogens with zero attached hydrogens (tertiary/aromatic N) is 2. The van der Waals surface area contributed by atoms with Crippen molar-refractivity contribution in [2.45, 2.75) is 25.5 Å². The molecule has 2 atom stereocenters. The van der Waals surface area contributed by atoms with E-state index < -0.39 is 0 Å². The summed E-state index contributed by atoms with van der Waals surface area (Å²) in [5.74, 6) is 0.651. The first-order valence-electron chi connectivity index (χ1n) is 7.30. The van der Waals surface area contributed by atoms with Crippen LogP contribution < -0.4 is 10.1 Å². The maximum absolute atomic E-state index is 5.96. The van der Waals surface area contributed by atoms with Crippen molar-refractivity contribution in [1.29, 1.82) is 0 Å². The number of ether oxygens (including phenoxy) is 2. The lowest BCUT2D eigenvalue weighted by Gasteiger charge is -2.41. The maximum Gasteiger partial charge on any atom is 0.212 e. The summed E-state index contributed by atoms with van der Waals surface area (Å²) in [4.78, 5) is 6.83. The highest BCUT2D eigenvalue weighted by molar-refractivity contribution is 5.22. The maximum atomic E-state index is 5.96. The van der Waals surface area contributed by atoms with E-state index in [0.29, 0.717) is 5.88 Å². The Balaban J connectivity index is 2.22. The molecule has 2 rings (SSSR count). The molecule has 5 nitrogen and oxygen atoms in total. The fraction of sp³-hybridized carbons (Fsp3) is 0.667. The zero-order chi connectivity index (χ0) is 14.4. The van der Waals surface area contributed by atoms with Crippen molar-refractivity contribution in [3.05, 3.63) is 23.9 Å². The standard InChI is InChI=1S/C15H25N3O2/c1-4-7-18-8-9-20-13(11-16-2)15(18)12-5-6-14(19-3)17-10-12/h5-6,10,13,15-16H,4,7-9,11H2,1-3H3. The van der Waals surface area contributed by atoms with Gasteiger partial charge in [-0.1, -0.05) is 13.0 Å². The van der Waals surface area contributed by atoms with E-state index in [-0.39, 0.29) is 12.1 Å². The molecule has 1 N–H and O–H groups in total. The lowest BCUT2D eigenvalue weighted by Crippen LogP contribution is -2.48. The van der Waals surface area contributed by atoms with Gasteiger partial charge >= 0.3 is 0 Å². The van der Waals surface area contributed by atoms with Crippen molar-refractivity contribution in [2.24, 2.45) is 0 Å². The fourth-order valence-electron chi connectivity index (χ4n) is 2.81. The van der Waals surface area contributed by atoms with Gasteiger partial charge < -0.3 is 14.8 Å². The zero-order valence-corrected chi connectivity index (χ0v) is 12.6. The van der Waals surface area contributed by atoms with Gasteiger partial charge in [-0.25, -0.2) is 4.98 Å². The molecule has 112 valence electrons. The highest BCUT2D eigenvalue weighted by atomic mass is 16.5. The van der Waals surface area contributed by atoms with Crippen LogP contribution >= 0.6 is 0 Å². The van der Waals surface area contributed by atoms with Gasteiger partial charge in [0.2, 0.25) is 5.88 Å². The van der Waals surface area contributed by atoms with Crippen LogP contribution in [0.4, 0.5) is 0 Å². The monoisotopic (exact) mass is 279 g/mol. The largest absolute Gasteiger partial charge is 0.481 e. The second-order valence-corrected chi connectivity index (χ2v) is 5.08. The average Bonchev–Trinajstić information content (AvgIpc) is 2.48. The van der Waals surface area contributed by atoms with Crippen molar-refractivity contribution in [1.82, 2.24) is 15.2 Å². The van der Waals surface area contributed by atoms with E-state index in [4.69, 9.17) is 9.47 Å². The van der Waals surface area contributed by atoms with E-state index in [2.05, 4.69) is 28.2 Å². The fourth-order valence-corrected chi connectivity index (χ4v) is 2.81. The van der Waals surface area contributed by atoms with Crippen LogP contribution in [0.5, 0.6) is 5.88 Å². The molecule has 1 fully saturated rings. The zero-order valence-electron chi connectivity index (χ0n) is 12.6. The molecular weight excluding hydrogens is 254 g/mol. The molecule has 0 amide bonds. The molecule has 2 heterocycles. The van der Waals surface area contributed by atoms with Crippen LogP contribution in [0.15, 0.2) is 18.3 Å². The Labute approximate surface area is 121 Å². The first kappa shape index (κ1) is 15.2. The van der Waals surface area contributed by atoms with Crippen molar-refractivity contribution in [2.75, 3.05) is 40.4 Å². The van der Waals surface area contributed by atoms with Crippen LogP contribution in [0.2, 0.25) is 0 Å². The lowest BCUT2D eigenvalue weighted by atomic mass is 9.99. The van der Waals surface area contributed by atoms with Crippen molar-refractivity contribution in [3.63, 3.8) is 0 Å². The van der Waals surface area contributed by atoms with Crippen LogP contribution in [-0.4, -0.2) is 56.4 Å². The molecule has 1 aliphatic heterocycles. The van der Waals surface area contributed by atoms with E-state index in [1.54, 1.807) is 7.11 Å². The number of likely N-dealkylation sites (N-methyl/N-ethyl adjacent to an activating group) is 1. The molecule has 20 heavy (non-hydrogen) atoms. The molecular formula is C15H25N3O2. The van der Waals surface area contributed by atoms with E-state index in [9.17, 15) is 0 Å². The smallest absolute Gasteiger partial charge is 0.212 e. The first-order chi connectivity index (χ1) is 9.80. The number of hydrogen-bond donors (Lipinski definition) is 1. The molecule has 5 heteroatoms. The van der Waals surface area contributed by atoms with Gasteiger partial charge in [0.05, 0.1) is 25.9 Å². The second-order valence-electron chi connectivity index (χ2n) is 5.08. The molecule has 0 radical (unpaired) electrons. The number of pyridine rings is 1. The molecule has 1 aromatic rings. The third-order valence-electron chi connectivity index (χ3n) is 3.68. The Morgan fingerprint density at radius 2 is 2.35 bits per heavy atom. The van der Waals surface area contributed by atoms with Crippen molar-refractivity contribution < 1.29 is 9.47 Å². The quantitative estimate of drug-likeness (QED) is 0.854. The van der Waals surface area contributed by atoms with Crippen LogP contribution in [-0.2, 0) is 4.74 Å². The van der Waals surface area contributed by atoms with Gasteiger partial charge in [0.15, 0.2) is 0 Å². The number of aromatic nitrogens is 1. The summed E-state index contributed by atoms with van der Waals surface area (Å²) in [5, 5.41) is 3.23. The summed E-state index contributed by atoms with van der Waals surface area (Å²) in [7, 11) is 3.60. The Bertz CT molecular complexity index is 379. The van der Waals surface area contributed by atoms with Crippen molar-refractivity contribution >= 4 is 0 Å². The van der Waals surface area contributed by atoms with E-state index in [1.165, 1.54) is 5.56 Å². The van der Waals surface area contributed by atoms with Gasteiger partial charge in [-0.15, -0.1) is 0 Å². The first-order valence-corrected chi connectivity index (χ1v) is 7.30. The SMILES string of the molecule is CCCN1CCOC(CNC)C1c1ccc(OC)nc1. The highest BCUT2D eigenvalue weighted by Gasteiger charge is 2.32. The number of methoxy groups -OCH3 is 1. The minimum absolute atomic E-state index is 0.162. The molecule has 0 aromatic carbocycles. The molecule has 1 aromatic heterocycles. The minimum Gasteiger partial charge on any atom is -0.481 e. The normalized spacial score (nSPS) is 23.8. The van der Waals surface area contributed by atoms with Crippen molar-refractivity contribution in [3.8, 4) is 5.88 Å². The summed E-state index contributed by atoms with van der Waals surface area (Å²) in [6.45, 7) is 5.92. The molecule has 0 aliphatic carbocycles. The predicted molar refractivity (Wildman–Crippen MR) is 79.1 cm³/mol. The van der Waals surface area contributed by atoms with Gasteiger partial charge in [-0.2, -0.15) is 0 Å². The summed E-state index contributed by atoms with van der Waals surface area (Å²) in [5.41, 5.74) is 1.19. The summed E-state index contributed by atoms with van der Waals surface area (Å²) in [6.07, 6.45) is 3.21. The Morgan fingerprint density at radius 1 is 1.50 bits per heavy atom. The van der Waals surface area contributed by atoms with Gasteiger partial charge in [-0.05, 0) is 25.6 Å². The van der Waals surface area contributed by atoms with Gasteiger partial charge in [0, 0.05) is 25.4 Å². The molecule has 0 saturated carbocycles. The Kier molecular flexibility index (Phi) is 5.76.